The molecule has 2 aliphatic heterocycles. The number of amides is 1. The molecular formula is C19H20F2N4O. The van der Waals surface area contributed by atoms with Gasteiger partial charge in [-0.15, -0.1) is 0 Å². The Morgan fingerprint density at radius 3 is 2.62 bits per heavy atom. The van der Waals surface area contributed by atoms with Gasteiger partial charge < -0.3 is 9.80 Å². The number of hydrogen-bond acceptors (Lipinski definition) is 4. The van der Waals surface area contributed by atoms with Gasteiger partial charge in [0.25, 0.3) is 0 Å². The molecule has 1 aromatic heterocycles. The molecule has 4 rings (SSSR count). The molecule has 2 aromatic rings. The van der Waals surface area contributed by atoms with Crippen LogP contribution in [0.15, 0.2) is 24.3 Å². The molecule has 0 saturated carbocycles. The standard InChI is InChI=1S/C19H20F2N4O/c1-11-8-12(2)23-19(22-11)24-7-6-15-16(24)9-17(26)25(15)10-13-4-3-5-14(20)18(13)21/h3-5,8,15-16H,6-7,9-10H2,1-2H3/t15-,16-/m0/s1. The summed E-state index contributed by atoms with van der Waals surface area (Å²) >= 11 is 0. The maximum absolute atomic E-state index is 14.0. The summed E-state index contributed by atoms with van der Waals surface area (Å²) < 4.78 is 27.5. The van der Waals surface area contributed by atoms with Crippen molar-refractivity contribution in [2.75, 3.05) is 11.4 Å². The smallest absolute Gasteiger partial charge is 0.226 e. The van der Waals surface area contributed by atoms with Gasteiger partial charge >= 0.3 is 0 Å². The Hall–Kier alpha value is -2.57. The van der Waals surface area contributed by atoms with Crippen LogP contribution >= 0.6 is 0 Å². The molecule has 3 heterocycles. The number of carbonyl (C=O) groups is 1. The van der Waals surface area contributed by atoms with Crippen molar-refractivity contribution in [3.05, 3.63) is 52.9 Å². The maximum Gasteiger partial charge on any atom is 0.226 e. The number of aromatic nitrogens is 2. The van der Waals surface area contributed by atoms with E-state index in [0.717, 1.165) is 30.4 Å². The van der Waals surface area contributed by atoms with Gasteiger partial charge in [0.05, 0.1) is 12.1 Å². The van der Waals surface area contributed by atoms with E-state index in [1.165, 1.54) is 12.1 Å². The molecule has 2 saturated heterocycles. The average molecular weight is 358 g/mol. The molecule has 5 nitrogen and oxygen atoms in total. The van der Waals surface area contributed by atoms with Crippen LogP contribution in [0, 0.1) is 25.5 Å². The quantitative estimate of drug-likeness (QED) is 0.847. The second-order valence-electron chi connectivity index (χ2n) is 7.01. The highest BCUT2D eigenvalue weighted by molar-refractivity contribution is 5.81. The lowest BCUT2D eigenvalue weighted by Crippen LogP contribution is -2.37. The predicted octanol–water partition coefficient (Wildman–Crippen LogP) is 2.75. The van der Waals surface area contributed by atoms with Gasteiger partial charge in [0.1, 0.15) is 0 Å². The van der Waals surface area contributed by atoms with Crippen molar-refractivity contribution in [2.24, 2.45) is 0 Å². The zero-order valence-electron chi connectivity index (χ0n) is 14.7. The first-order valence-electron chi connectivity index (χ1n) is 8.75. The summed E-state index contributed by atoms with van der Waals surface area (Å²) in [4.78, 5) is 25.3. The first-order chi connectivity index (χ1) is 12.4. The molecule has 0 aliphatic carbocycles. The topological polar surface area (TPSA) is 49.3 Å². The van der Waals surface area contributed by atoms with Gasteiger partial charge in [-0.05, 0) is 32.4 Å². The molecule has 0 unspecified atom stereocenters. The lowest BCUT2D eigenvalue weighted by molar-refractivity contribution is -0.129. The van der Waals surface area contributed by atoms with E-state index in [1.807, 2.05) is 19.9 Å². The van der Waals surface area contributed by atoms with Crippen LogP contribution in [0.25, 0.3) is 0 Å². The first-order valence-corrected chi connectivity index (χ1v) is 8.75. The van der Waals surface area contributed by atoms with Crippen molar-refractivity contribution in [3.8, 4) is 0 Å². The molecule has 2 atom stereocenters. The minimum Gasteiger partial charge on any atom is -0.335 e. The van der Waals surface area contributed by atoms with Gasteiger partial charge in [-0.3, -0.25) is 4.79 Å². The molecule has 136 valence electrons. The third kappa shape index (κ3) is 2.81. The van der Waals surface area contributed by atoms with Gasteiger partial charge in [-0.25, -0.2) is 18.7 Å². The fourth-order valence-corrected chi connectivity index (χ4v) is 4.07. The molecule has 1 aromatic carbocycles. The van der Waals surface area contributed by atoms with Crippen molar-refractivity contribution in [1.29, 1.82) is 0 Å². The van der Waals surface area contributed by atoms with E-state index in [0.29, 0.717) is 12.4 Å². The van der Waals surface area contributed by atoms with Crippen molar-refractivity contribution in [1.82, 2.24) is 14.9 Å². The van der Waals surface area contributed by atoms with Crippen LogP contribution in [-0.4, -0.2) is 39.4 Å². The lowest BCUT2D eigenvalue weighted by atomic mass is 10.1. The monoisotopic (exact) mass is 358 g/mol. The number of hydrogen-bond donors (Lipinski definition) is 0. The Morgan fingerprint density at radius 1 is 1.15 bits per heavy atom. The normalized spacial score (nSPS) is 22.2. The Kier molecular flexibility index (Phi) is 4.09. The van der Waals surface area contributed by atoms with Crippen molar-refractivity contribution in [2.45, 2.75) is 45.3 Å². The second-order valence-corrected chi connectivity index (χ2v) is 7.01. The number of anilines is 1. The minimum absolute atomic E-state index is 0.0275. The Bertz CT molecular complexity index is 852. The maximum atomic E-state index is 14.0. The highest BCUT2D eigenvalue weighted by Gasteiger charge is 2.47. The molecule has 0 spiro atoms. The molecule has 0 radical (unpaired) electrons. The van der Waals surface area contributed by atoms with E-state index in [1.54, 1.807) is 4.90 Å². The SMILES string of the molecule is Cc1cc(C)nc(N2CC[C@H]3[C@@H]2CC(=O)N3Cc2cccc(F)c2F)n1. The first kappa shape index (κ1) is 16.9. The van der Waals surface area contributed by atoms with Gasteiger partial charge in [0.2, 0.25) is 11.9 Å². The van der Waals surface area contributed by atoms with Crippen LogP contribution in [0.5, 0.6) is 0 Å². The third-order valence-electron chi connectivity index (χ3n) is 5.21. The number of carbonyl (C=O) groups excluding carboxylic acids is 1. The van der Waals surface area contributed by atoms with Gasteiger partial charge in [-0.2, -0.15) is 0 Å². The number of likely N-dealkylation sites (tertiary alicyclic amines) is 1. The minimum atomic E-state index is -0.887. The van der Waals surface area contributed by atoms with Crippen molar-refractivity contribution < 1.29 is 13.6 Å². The van der Waals surface area contributed by atoms with E-state index < -0.39 is 11.6 Å². The number of aryl methyl sites for hydroxylation is 2. The number of benzene rings is 1. The summed E-state index contributed by atoms with van der Waals surface area (Å²) in [5, 5.41) is 0. The Balaban J connectivity index is 1.58. The zero-order chi connectivity index (χ0) is 18.4. The van der Waals surface area contributed by atoms with E-state index in [9.17, 15) is 13.6 Å². The molecule has 1 amide bonds. The van der Waals surface area contributed by atoms with Crippen LogP contribution in [0.1, 0.15) is 29.8 Å². The Labute approximate surface area is 150 Å². The van der Waals surface area contributed by atoms with Crippen LogP contribution < -0.4 is 4.90 Å². The fourth-order valence-electron chi connectivity index (χ4n) is 4.07. The summed E-state index contributed by atoms with van der Waals surface area (Å²) in [7, 11) is 0. The van der Waals surface area contributed by atoms with E-state index in [2.05, 4.69) is 14.9 Å². The Morgan fingerprint density at radius 2 is 1.88 bits per heavy atom. The van der Waals surface area contributed by atoms with Crippen molar-refractivity contribution in [3.63, 3.8) is 0 Å². The number of rotatable bonds is 3. The molecule has 2 fully saturated rings. The molecule has 26 heavy (non-hydrogen) atoms. The third-order valence-corrected chi connectivity index (χ3v) is 5.21. The van der Waals surface area contributed by atoms with E-state index in [4.69, 9.17) is 0 Å². The summed E-state index contributed by atoms with van der Waals surface area (Å²) in [5.41, 5.74) is 1.98. The highest BCUT2D eigenvalue weighted by atomic mass is 19.2. The highest BCUT2D eigenvalue weighted by Crippen LogP contribution is 2.35. The molecule has 7 heteroatoms. The molecular weight excluding hydrogens is 338 g/mol. The van der Waals surface area contributed by atoms with Crippen molar-refractivity contribution >= 4 is 11.9 Å². The molecule has 2 aliphatic rings. The van der Waals surface area contributed by atoms with Crippen LogP contribution in [0.4, 0.5) is 14.7 Å². The fraction of sp³-hybridized carbons (Fsp3) is 0.421. The zero-order valence-corrected chi connectivity index (χ0v) is 14.7. The largest absolute Gasteiger partial charge is 0.335 e. The number of halogens is 2. The predicted molar refractivity (Wildman–Crippen MR) is 92.6 cm³/mol. The van der Waals surface area contributed by atoms with Gasteiger partial charge in [-0.1, -0.05) is 12.1 Å². The van der Waals surface area contributed by atoms with E-state index in [-0.39, 0.29) is 30.1 Å². The summed E-state index contributed by atoms with van der Waals surface area (Å²) in [6.45, 7) is 4.67. The number of fused-ring (bicyclic) bond motifs is 1. The van der Waals surface area contributed by atoms with Crippen LogP contribution in [0.2, 0.25) is 0 Å². The summed E-state index contributed by atoms with van der Waals surface area (Å²) in [6, 6.07) is 5.93. The van der Waals surface area contributed by atoms with E-state index >= 15 is 0 Å². The van der Waals surface area contributed by atoms with Gasteiger partial charge in [0.15, 0.2) is 11.6 Å². The van der Waals surface area contributed by atoms with Gasteiger partial charge in [0, 0.05) is 36.5 Å². The summed E-state index contributed by atoms with van der Waals surface area (Å²) in [6.07, 6.45) is 1.11. The lowest BCUT2D eigenvalue weighted by Gasteiger charge is -2.26. The molecule has 0 N–H and O–H groups in total. The number of nitrogens with zero attached hydrogens (tertiary/aromatic N) is 4. The molecule has 0 bridgehead atoms. The second kappa shape index (κ2) is 6.30. The van der Waals surface area contributed by atoms with Crippen LogP contribution in [0.3, 0.4) is 0 Å². The summed E-state index contributed by atoms with van der Waals surface area (Å²) in [5.74, 6) is -1.17. The van der Waals surface area contributed by atoms with Crippen LogP contribution in [-0.2, 0) is 11.3 Å². The average Bonchev–Trinajstić information content (AvgIpc) is 3.10.